The van der Waals surface area contributed by atoms with Gasteiger partial charge >= 0.3 is 0 Å². The Kier molecular flexibility index (Phi) is 4.58. The Morgan fingerprint density at radius 3 is 2.43 bits per heavy atom. The monoisotopic (exact) mass is 290 g/mol. The standard InChI is InChI=1S/C17H20F2N2/c1-11-4-7-17(12(2)8-11)21(3)10-16(20)14-6-5-13(18)9-15(14)19/h4-9,16H,10,20H2,1-3H3. The van der Waals surface area contributed by atoms with Crippen LogP contribution in [-0.4, -0.2) is 13.6 Å². The number of likely N-dealkylation sites (N-methyl/N-ethyl adjacent to an activating group) is 1. The molecule has 2 aromatic carbocycles. The summed E-state index contributed by atoms with van der Waals surface area (Å²) < 4.78 is 26.7. The van der Waals surface area contributed by atoms with Gasteiger partial charge in [0.25, 0.3) is 0 Å². The minimum Gasteiger partial charge on any atom is -0.372 e. The molecule has 0 amide bonds. The molecule has 0 aromatic heterocycles. The highest BCUT2D eigenvalue weighted by molar-refractivity contribution is 5.54. The average Bonchev–Trinajstić information content (AvgIpc) is 2.37. The van der Waals surface area contributed by atoms with Crippen LogP contribution in [0.5, 0.6) is 0 Å². The van der Waals surface area contributed by atoms with E-state index in [1.54, 1.807) is 0 Å². The molecule has 1 atom stereocenters. The maximum atomic E-state index is 13.7. The molecule has 0 radical (unpaired) electrons. The van der Waals surface area contributed by atoms with Crippen LogP contribution in [0.25, 0.3) is 0 Å². The fourth-order valence-corrected chi connectivity index (χ4v) is 2.53. The Balaban J connectivity index is 2.16. The number of nitrogens with zero attached hydrogens (tertiary/aromatic N) is 1. The predicted octanol–water partition coefficient (Wildman–Crippen LogP) is 3.72. The van der Waals surface area contributed by atoms with Gasteiger partial charge in [0.05, 0.1) is 6.04 Å². The first-order chi connectivity index (χ1) is 9.88. The molecule has 2 nitrogen and oxygen atoms in total. The SMILES string of the molecule is Cc1ccc(N(C)CC(N)c2ccc(F)cc2F)c(C)c1. The summed E-state index contributed by atoms with van der Waals surface area (Å²) in [5.74, 6) is -1.19. The third kappa shape index (κ3) is 3.58. The molecule has 0 saturated carbocycles. The van der Waals surface area contributed by atoms with Gasteiger partial charge in [0.2, 0.25) is 0 Å². The molecule has 0 fully saturated rings. The maximum absolute atomic E-state index is 13.7. The number of halogens is 2. The smallest absolute Gasteiger partial charge is 0.130 e. The number of aryl methyl sites for hydroxylation is 2. The molecule has 1 unspecified atom stereocenters. The minimum absolute atomic E-state index is 0.327. The molecule has 0 heterocycles. The van der Waals surface area contributed by atoms with Crippen LogP contribution in [0.15, 0.2) is 36.4 Å². The van der Waals surface area contributed by atoms with Crippen molar-refractivity contribution in [2.45, 2.75) is 19.9 Å². The Bertz CT molecular complexity index is 585. The van der Waals surface area contributed by atoms with Gasteiger partial charge in [-0.05, 0) is 31.5 Å². The number of rotatable bonds is 4. The van der Waals surface area contributed by atoms with Crippen molar-refractivity contribution in [3.63, 3.8) is 0 Å². The lowest BCUT2D eigenvalue weighted by Gasteiger charge is -2.25. The number of hydrogen-bond donors (Lipinski definition) is 1. The zero-order chi connectivity index (χ0) is 15.6. The van der Waals surface area contributed by atoms with Crippen LogP contribution in [0, 0.1) is 25.5 Å². The maximum Gasteiger partial charge on any atom is 0.130 e. The van der Waals surface area contributed by atoms with Crippen molar-refractivity contribution in [1.82, 2.24) is 0 Å². The number of hydrogen-bond acceptors (Lipinski definition) is 2. The van der Waals surface area contributed by atoms with Gasteiger partial charge in [0, 0.05) is 30.9 Å². The van der Waals surface area contributed by atoms with Gasteiger partial charge in [-0.2, -0.15) is 0 Å². The van der Waals surface area contributed by atoms with Gasteiger partial charge in [-0.1, -0.05) is 23.8 Å². The van der Waals surface area contributed by atoms with Crippen molar-refractivity contribution >= 4 is 5.69 Å². The summed E-state index contributed by atoms with van der Waals surface area (Å²) in [5, 5.41) is 0. The van der Waals surface area contributed by atoms with Crippen molar-refractivity contribution in [1.29, 1.82) is 0 Å². The number of benzene rings is 2. The highest BCUT2D eigenvalue weighted by Crippen LogP contribution is 2.23. The molecule has 21 heavy (non-hydrogen) atoms. The van der Waals surface area contributed by atoms with Gasteiger partial charge in [-0.25, -0.2) is 8.78 Å². The van der Waals surface area contributed by atoms with E-state index in [0.29, 0.717) is 12.1 Å². The van der Waals surface area contributed by atoms with Crippen molar-refractivity contribution in [3.8, 4) is 0 Å². The Labute approximate surface area is 124 Å². The van der Waals surface area contributed by atoms with E-state index in [1.807, 2.05) is 37.9 Å². The lowest BCUT2D eigenvalue weighted by molar-refractivity contribution is 0.554. The van der Waals surface area contributed by atoms with Crippen molar-refractivity contribution in [2.75, 3.05) is 18.5 Å². The van der Waals surface area contributed by atoms with Gasteiger partial charge < -0.3 is 10.6 Å². The molecule has 2 rings (SSSR count). The predicted molar refractivity (Wildman–Crippen MR) is 82.5 cm³/mol. The molecular formula is C17H20F2N2. The summed E-state index contributed by atoms with van der Waals surface area (Å²) in [5.41, 5.74) is 9.78. The Morgan fingerprint density at radius 2 is 1.81 bits per heavy atom. The average molecular weight is 290 g/mol. The van der Waals surface area contributed by atoms with Crippen LogP contribution >= 0.6 is 0 Å². The second-order valence-electron chi connectivity index (χ2n) is 5.44. The third-order valence-electron chi connectivity index (χ3n) is 3.60. The molecule has 0 bridgehead atoms. The van der Waals surface area contributed by atoms with Gasteiger partial charge in [0.1, 0.15) is 11.6 Å². The fourth-order valence-electron chi connectivity index (χ4n) is 2.53. The summed E-state index contributed by atoms with van der Waals surface area (Å²) in [7, 11) is 1.92. The third-order valence-corrected chi connectivity index (χ3v) is 3.60. The molecule has 2 N–H and O–H groups in total. The first kappa shape index (κ1) is 15.4. The van der Waals surface area contributed by atoms with Gasteiger partial charge in [-0.15, -0.1) is 0 Å². The van der Waals surface area contributed by atoms with Crippen molar-refractivity contribution < 1.29 is 8.78 Å². The normalized spacial score (nSPS) is 12.3. The van der Waals surface area contributed by atoms with Gasteiger partial charge in [0.15, 0.2) is 0 Å². The van der Waals surface area contributed by atoms with E-state index in [1.165, 1.54) is 17.7 Å². The van der Waals surface area contributed by atoms with Crippen LogP contribution in [0.1, 0.15) is 22.7 Å². The van der Waals surface area contributed by atoms with E-state index in [4.69, 9.17) is 5.73 Å². The largest absolute Gasteiger partial charge is 0.372 e. The van der Waals surface area contributed by atoms with Gasteiger partial charge in [-0.3, -0.25) is 0 Å². The Hall–Kier alpha value is -1.94. The lowest BCUT2D eigenvalue weighted by Crippen LogP contribution is -2.30. The quantitative estimate of drug-likeness (QED) is 0.930. The summed E-state index contributed by atoms with van der Waals surface area (Å²) in [6.07, 6.45) is 0. The van der Waals surface area contributed by atoms with Crippen molar-refractivity contribution in [3.05, 3.63) is 64.7 Å². The van der Waals surface area contributed by atoms with E-state index in [2.05, 4.69) is 6.07 Å². The highest BCUT2D eigenvalue weighted by atomic mass is 19.1. The second-order valence-corrected chi connectivity index (χ2v) is 5.44. The first-order valence-electron chi connectivity index (χ1n) is 6.87. The molecular weight excluding hydrogens is 270 g/mol. The molecule has 2 aromatic rings. The molecule has 112 valence electrons. The summed E-state index contributed by atoms with van der Waals surface area (Å²) in [4.78, 5) is 1.99. The van der Waals surface area contributed by atoms with E-state index in [9.17, 15) is 8.78 Å². The topological polar surface area (TPSA) is 29.3 Å². The summed E-state index contributed by atoms with van der Waals surface area (Å²) in [6, 6.07) is 9.14. The molecule has 0 spiro atoms. The Morgan fingerprint density at radius 1 is 1.10 bits per heavy atom. The molecule has 0 aliphatic carbocycles. The van der Waals surface area contributed by atoms with E-state index in [0.717, 1.165) is 17.3 Å². The zero-order valence-corrected chi connectivity index (χ0v) is 12.5. The van der Waals surface area contributed by atoms with Crippen LogP contribution in [0.4, 0.5) is 14.5 Å². The van der Waals surface area contributed by atoms with E-state index < -0.39 is 17.7 Å². The van der Waals surface area contributed by atoms with Crippen LogP contribution < -0.4 is 10.6 Å². The molecule has 0 saturated heterocycles. The summed E-state index contributed by atoms with van der Waals surface area (Å²) in [6.45, 7) is 4.52. The van der Waals surface area contributed by atoms with Crippen LogP contribution in [-0.2, 0) is 0 Å². The van der Waals surface area contributed by atoms with Crippen LogP contribution in [0.3, 0.4) is 0 Å². The number of nitrogens with two attached hydrogens (primary N) is 1. The first-order valence-corrected chi connectivity index (χ1v) is 6.87. The minimum atomic E-state index is -0.600. The molecule has 0 aliphatic heterocycles. The zero-order valence-electron chi connectivity index (χ0n) is 12.5. The van der Waals surface area contributed by atoms with E-state index in [-0.39, 0.29) is 0 Å². The second kappa shape index (κ2) is 6.22. The lowest BCUT2D eigenvalue weighted by atomic mass is 10.1. The molecule has 4 heteroatoms. The van der Waals surface area contributed by atoms with Crippen LogP contribution in [0.2, 0.25) is 0 Å². The summed E-state index contributed by atoms with van der Waals surface area (Å²) >= 11 is 0. The van der Waals surface area contributed by atoms with Crippen molar-refractivity contribution in [2.24, 2.45) is 5.73 Å². The van der Waals surface area contributed by atoms with E-state index >= 15 is 0 Å². The fraction of sp³-hybridized carbons (Fsp3) is 0.294. The molecule has 0 aliphatic rings. The number of anilines is 1. The highest BCUT2D eigenvalue weighted by Gasteiger charge is 2.15.